The fourth-order valence-corrected chi connectivity index (χ4v) is 8.47. The summed E-state index contributed by atoms with van der Waals surface area (Å²) < 4.78 is 4.62. The number of carbonyl (C=O) groups is 8. The van der Waals surface area contributed by atoms with E-state index >= 15 is 0 Å². The number of aromatic carboxylic acids is 1. The van der Waals surface area contributed by atoms with Gasteiger partial charge in [0.25, 0.3) is 5.91 Å². The summed E-state index contributed by atoms with van der Waals surface area (Å²) in [4.78, 5) is 116. The first-order chi connectivity index (χ1) is 29.8. The minimum Gasteiger partial charge on any atom is -0.478 e. The normalized spacial score (nSPS) is 18.7. The number of carbonyl (C=O) groups excluding carboxylic acids is 7. The number of rotatable bonds is 18. The fourth-order valence-electron chi connectivity index (χ4n) is 8.47. The number of allylic oxidation sites excluding steroid dienone is 1. The first kappa shape index (κ1) is 51.4. The molecule has 0 spiro atoms. The van der Waals surface area contributed by atoms with Crippen molar-refractivity contribution in [3.05, 3.63) is 69.8 Å². The maximum Gasteiger partial charge on any atom is 0.336 e. The van der Waals surface area contributed by atoms with E-state index in [1.54, 1.807) is 32.9 Å². The number of amides is 5. The molecule has 3 aliphatic rings. The van der Waals surface area contributed by atoms with Gasteiger partial charge in [0.05, 0.1) is 18.2 Å². The Morgan fingerprint density at radius 2 is 1.48 bits per heavy atom. The Labute approximate surface area is 368 Å². The number of hydrogen-bond acceptors (Lipinski definition) is 11. The second kappa shape index (κ2) is 24.6. The Balaban J connectivity index is 0.00000253. The van der Waals surface area contributed by atoms with Crippen LogP contribution in [0.1, 0.15) is 125 Å². The summed E-state index contributed by atoms with van der Waals surface area (Å²) in [7, 11) is 2.10. The topological polar surface area (TPSA) is 275 Å². The summed E-state index contributed by atoms with van der Waals surface area (Å²) in [5.41, 5.74) is 4.47. The molecule has 0 unspecified atom stereocenters. The van der Waals surface area contributed by atoms with Crippen molar-refractivity contribution in [1.29, 1.82) is 0 Å². The van der Waals surface area contributed by atoms with E-state index < -0.39 is 76.0 Å². The molecule has 5 atom stereocenters. The molecule has 5 amide bonds. The molecule has 1 aromatic carbocycles. The number of methoxy groups -OCH3 is 1. The van der Waals surface area contributed by atoms with Gasteiger partial charge in [0, 0.05) is 29.9 Å². The second-order valence-electron chi connectivity index (χ2n) is 17.5. The number of hydrogen-bond donors (Lipinski definition) is 5. The molecule has 2 fully saturated rings. The summed E-state index contributed by atoms with van der Waals surface area (Å²) in [5.74, 6) is -6.24. The van der Waals surface area contributed by atoms with E-state index in [9.17, 15) is 43.5 Å². The molecule has 0 aromatic heterocycles. The van der Waals surface area contributed by atoms with Crippen LogP contribution >= 0.6 is 0 Å². The first-order valence-electron chi connectivity index (χ1n) is 21.6. The standard InChI is InChI=1S/C44H61N5O10.CH3NO2/c1-44(2,3)37(48-41(55)32(22-13-14-24-35(51)59-4)46-39(53)29-20-11-12-21-30(29)43(57)58)42(56)49-25-15-23-33(49)34(50)26-31(27-16-7-5-8-17-27)40(54)47-36(38(45)52)28-18-9-6-10-19-28;1-2(3)4/h11-12,14-15,20-21,23-24,27-28,31-33,36-37H,5-10,13,16-19,22,25-26H2,1-4H3,(H2,45,52)(H,46,53)(H,47,54)(H,48,55)(H,57,58);1H3/b24-14+;/t31-,32-,33-,36-,37+;/m0./s1. The van der Waals surface area contributed by atoms with E-state index in [1.165, 1.54) is 48.4 Å². The highest BCUT2D eigenvalue weighted by molar-refractivity contribution is 6.06. The summed E-state index contributed by atoms with van der Waals surface area (Å²) in [6.45, 7) is 5.32. The number of nitrogens with zero attached hydrogens (tertiary/aromatic N) is 2. The quantitative estimate of drug-likeness (QED) is 0.0462. The molecule has 0 bridgehead atoms. The van der Waals surface area contributed by atoms with Gasteiger partial charge >= 0.3 is 11.9 Å². The Hall–Kier alpha value is -5.94. The molecular formula is C45H64N6O12. The van der Waals surface area contributed by atoms with Gasteiger partial charge in [0.15, 0.2) is 12.8 Å². The van der Waals surface area contributed by atoms with Crippen LogP contribution in [0.4, 0.5) is 0 Å². The summed E-state index contributed by atoms with van der Waals surface area (Å²) >= 11 is 0. The van der Waals surface area contributed by atoms with Crippen molar-refractivity contribution in [3.8, 4) is 0 Å². The van der Waals surface area contributed by atoms with Crippen LogP contribution in [0.3, 0.4) is 0 Å². The molecule has 63 heavy (non-hydrogen) atoms. The van der Waals surface area contributed by atoms with Crippen molar-refractivity contribution in [2.75, 3.05) is 20.7 Å². The summed E-state index contributed by atoms with van der Waals surface area (Å²) in [5, 5.41) is 26.8. The average Bonchev–Trinajstić information content (AvgIpc) is 3.74. The number of benzene rings is 1. The monoisotopic (exact) mass is 880 g/mol. The number of nitrogens with one attached hydrogen (secondary N) is 3. The Bertz CT molecular complexity index is 1870. The van der Waals surface area contributed by atoms with E-state index in [0.29, 0.717) is 0 Å². The van der Waals surface area contributed by atoms with Crippen LogP contribution in [0, 0.1) is 33.3 Å². The van der Waals surface area contributed by atoms with Crippen LogP contribution in [0.2, 0.25) is 0 Å². The van der Waals surface area contributed by atoms with Crippen molar-refractivity contribution < 1.29 is 53.1 Å². The highest BCUT2D eigenvalue weighted by atomic mass is 16.6. The van der Waals surface area contributed by atoms with Gasteiger partial charge in [-0.15, -0.1) is 0 Å². The molecule has 0 radical (unpaired) electrons. The van der Waals surface area contributed by atoms with E-state index in [1.807, 2.05) is 0 Å². The molecule has 2 aliphatic carbocycles. The molecule has 1 aromatic rings. The van der Waals surface area contributed by atoms with Crippen LogP contribution in [0.5, 0.6) is 0 Å². The van der Waals surface area contributed by atoms with Gasteiger partial charge in [-0.3, -0.25) is 38.9 Å². The number of carboxylic acid groups (broad SMARTS) is 1. The zero-order valence-electron chi connectivity index (χ0n) is 37.0. The third-order valence-corrected chi connectivity index (χ3v) is 11.8. The zero-order valence-corrected chi connectivity index (χ0v) is 37.0. The third-order valence-electron chi connectivity index (χ3n) is 11.8. The minimum atomic E-state index is -1.33. The van der Waals surface area contributed by atoms with E-state index in [-0.39, 0.29) is 60.5 Å². The van der Waals surface area contributed by atoms with Gasteiger partial charge < -0.3 is 36.4 Å². The van der Waals surface area contributed by atoms with Gasteiger partial charge in [-0.1, -0.05) is 89.7 Å². The van der Waals surface area contributed by atoms with Gasteiger partial charge in [-0.25, -0.2) is 9.59 Å². The number of nitro groups is 1. The highest BCUT2D eigenvalue weighted by Gasteiger charge is 2.43. The maximum atomic E-state index is 14.5. The van der Waals surface area contributed by atoms with Crippen LogP contribution < -0.4 is 21.7 Å². The Morgan fingerprint density at radius 3 is 2.02 bits per heavy atom. The molecule has 1 aliphatic heterocycles. The molecule has 2 saturated carbocycles. The fraction of sp³-hybridized carbons (Fsp3) is 0.600. The van der Waals surface area contributed by atoms with Crippen molar-refractivity contribution in [2.45, 2.75) is 128 Å². The molecule has 1 heterocycles. The molecule has 18 heteroatoms. The summed E-state index contributed by atoms with van der Waals surface area (Å²) in [6, 6.07) is 1.24. The SMILES string of the molecule is COC(=O)/C=C/CC[C@H](NC(=O)c1ccccc1C(=O)O)C(=O)N[C@H](C(=O)N1CC=C[C@H]1C(=O)C[C@H](C(=O)N[C@H](C(N)=O)C1CCCCC1)C1CCCCC1)C(C)(C)C.C[N+](=O)[O-]. The van der Waals surface area contributed by atoms with E-state index in [2.05, 4.69) is 20.7 Å². The number of nitrogens with two attached hydrogens (primary N) is 1. The van der Waals surface area contributed by atoms with Crippen molar-refractivity contribution in [3.63, 3.8) is 0 Å². The first-order valence-corrected chi connectivity index (χ1v) is 21.6. The lowest BCUT2D eigenvalue weighted by molar-refractivity contribution is -0.445. The molecule has 0 saturated heterocycles. The largest absolute Gasteiger partial charge is 0.478 e. The van der Waals surface area contributed by atoms with Crippen molar-refractivity contribution in [1.82, 2.24) is 20.9 Å². The predicted octanol–water partition coefficient (Wildman–Crippen LogP) is 3.89. The van der Waals surface area contributed by atoms with Crippen molar-refractivity contribution in [2.24, 2.45) is 28.9 Å². The molecular weight excluding hydrogens is 817 g/mol. The molecule has 6 N–H and O–H groups in total. The second-order valence-corrected chi connectivity index (χ2v) is 17.5. The number of esters is 1. The number of primary amides is 1. The van der Waals surface area contributed by atoms with Gasteiger partial charge in [0.1, 0.15) is 24.2 Å². The third kappa shape index (κ3) is 15.7. The molecule has 18 nitrogen and oxygen atoms in total. The minimum absolute atomic E-state index is 0.0281. The molecule has 346 valence electrons. The van der Waals surface area contributed by atoms with Crippen molar-refractivity contribution >= 4 is 47.3 Å². The lowest BCUT2D eigenvalue weighted by atomic mass is 9.76. The van der Waals surface area contributed by atoms with Crippen LogP contribution in [0.15, 0.2) is 48.6 Å². The lowest BCUT2D eigenvalue weighted by Crippen LogP contribution is -2.60. The average molecular weight is 881 g/mol. The van der Waals surface area contributed by atoms with E-state index in [4.69, 9.17) is 15.8 Å². The highest BCUT2D eigenvalue weighted by Crippen LogP contribution is 2.34. The number of ether oxygens (including phenoxy) is 1. The number of carboxylic acids is 1. The van der Waals surface area contributed by atoms with Crippen LogP contribution in [-0.2, 0) is 33.5 Å². The maximum absolute atomic E-state index is 14.5. The van der Waals surface area contributed by atoms with Crippen LogP contribution in [0.25, 0.3) is 0 Å². The van der Waals surface area contributed by atoms with Crippen LogP contribution in [-0.4, -0.2) is 107 Å². The summed E-state index contributed by atoms with van der Waals surface area (Å²) in [6.07, 6.45) is 14.8. The smallest absolute Gasteiger partial charge is 0.336 e. The van der Waals surface area contributed by atoms with Gasteiger partial charge in [-0.05, 0) is 67.9 Å². The van der Waals surface area contributed by atoms with Gasteiger partial charge in [0.2, 0.25) is 23.6 Å². The van der Waals surface area contributed by atoms with Gasteiger partial charge in [-0.2, -0.15) is 0 Å². The lowest BCUT2D eigenvalue weighted by Gasteiger charge is -2.37. The number of ketones is 1. The van der Waals surface area contributed by atoms with E-state index in [0.717, 1.165) is 71.3 Å². The Kier molecular flexibility index (Phi) is 20.1. The number of Topliss-reactive ketones (excluding diaryl/α,β-unsaturated/α-hetero) is 1. The Morgan fingerprint density at radius 1 is 0.905 bits per heavy atom. The zero-order chi connectivity index (χ0) is 46.9. The predicted molar refractivity (Wildman–Crippen MR) is 231 cm³/mol. The molecule has 4 rings (SSSR count).